The SMILES string of the molecule is O=C(ONC1CC1)C1CC1. The minimum atomic E-state index is -0.0631. The van der Waals surface area contributed by atoms with Crippen LogP contribution in [0.3, 0.4) is 0 Å². The zero-order valence-corrected chi connectivity index (χ0v) is 5.80. The van der Waals surface area contributed by atoms with Crippen LogP contribution in [0, 0.1) is 5.92 Å². The van der Waals surface area contributed by atoms with E-state index in [4.69, 9.17) is 4.84 Å². The lowest BCUT2D eigenvalue weighted by atomic mass is 10.4. The minimum absolute atomic E-state index is 0.0631. The molecule has 0 radical (unpaired) electrons. The number of hydroxylamine groups is 1. The van der Waals surface area contributed by atoms with Crippen LogP contribution >= 0.6 is 0 Å². The van der Waals surface area contributed by atoms with Crippen molar-refractivity contribution < 1.29 is 9.63 Å². The first-order valence-electron chi connectivity index (χ1n) is 3.82. The molecular formula is C7H11NO2. The summed E-state index contributed by atoms with van der Waals surface area (Å²) in [4.78, 5) is 15.7. The van der Waals surface area contributed by atoms with Crippen molar-refractivity contribution in [2.45, 2.75) is 31.7 Å². The highest BCUT2D eigenvalue weighted by molar-refractivity contribution is 5.74. The summed E-state index contributed by atoms with van der Waals surface area (Å²) in [6, 6.07) is 0.461. The Morgan fingerprint density at radius 2 is 2.00 bits per heavy atom. The average Bonchev–Trinajstić information content (AvgIpc) is 2.76. The molecule has 0 aromatic heterocycles. The van der Waals surface area contributed by atoms with E-state index in [1.807, 2.05) is 0 Å². The fourth-order valence-corrected chi connectivity index (χ4v) is 0.745. The van der Waals surface area contributed by atoms with E-state index in [1.54, 1.807) is 0 Å². The number of rotatable bonds is 3. The molecule has 2 rings (SSSR count). The van der Waals surface area contributed by atoms with E-state index in [1.165, 1.54) is 0 Å². The fourth-order valence-electron chi connectivity index (χ4n) is 0.745. The van der Waals surface area contributed by atoms with E-state index in [2.05, 4.69) is 5.48 Å². The van der Waals surface area contributed by atoms with Gasteiger partial charge >= 0.3 is 5.97 Å². The van der Waals surface area contributed by atoms with E-state index in [0.29, 0.717) is 6.04 Å². The van der Waals surface area contributed by atoms with Gasteiger partial charge in [-0.3, -0.25) is 4.79 Å². The first kappa shape index (κ1) is 6.16. The summed E-state index contributed by atoms with van der Waals surface area (Å²) in [5, 5.41) is 0. The van der Waals surface area contributed by atoms with Crippen LogP contribution in [0.5, 0.6) is 0 Å². The van der Waals surface area contributed by atoms with Gasteiger partial charge in [-0.05, 0) is 25.7 Å². The molecule has 0 saturated heterocycles. The van der Waals surface area contributed by atoms with Gasteiger partial charge in [0.1, 0.15) is 0 Å². The Kier molecular flexibility index (Phi) is 1.38. The van der Waals surface area contributed by atoms with Gasteiger partial charge in [0.15, 0.2) is 0 Å². The quantitative estimate of drug-likeness (QED) is 0.585. The summed E-state index contributed by atoms with van der Waals surface area (Å²) < 4.78 is 0. The third-order valence-corrected chi connectivity index (χ3v) is 1.81. The monoisotopic (exact) mass is 141 g/mol. The molecule has 2 saturated carbocycles. The third kappa shape index (κ3) is 1.48. The van der Waals surface area contributed by atoms with E-state index in [-0.39, 0.29) is 11.9 Å². The third-order valence-electron chi connectivity index (χ3n) is 1.81. The van der Waals surface area contributed by atoms with Gasteiger partial charge in [-0.15, -0.1) is 0 Å². The predicted octanol–water partition coefficient (Wildman–Crippen LogP) is 0.607. The second-order valence-electron chi connectivity index (χ2n) is 3.09. The average molecular weight is 141 g/mol. The summed E-state index contributed by atoms with van der Waals surface area (Å²) in [6.45, 7) is 0. The normalized spacial score (nSPS) is 24.4. The van der Waals surface area contributed by atoms with Crippen LogP contribution in [0.25, 0.3) is 0 Å². The topological polar surface area (TPSA) is 38.3 Å². The van der Waals surface area contributed by atoms with Crippen LogP contribution in [0.15, 0.2) is 0 Å². The van der Waals surface area contributed by atoms with Crippen molar-refractivity contribution in [2.75, 3.05) is 0 Å². The van der Waals surface area contributed by atoms with Crippen molar-refractivity contribution in [1.29, 1.82) is 0 Å². The molecule has 1 N–H and O–H groups in total. The molecule has 10 heavy (non-hydrogen) atoms. The van der Waals surface area contributed by atoms with Crippen LogP contribution in [-0.2, 0) is 9.63 Å². The second kappa shape index (κ2) is 2.23. The predicted molar refractivity (Wildman–Crippen MR) is 35.0 cm³/mol. The molecule has 56 valence electrons. The van der Waals surface area contributed by atoms with Crippen molar-refractivity contribution in [1.82, 2.24) is 5.48 Å². The Morgan fingerprint density at radius 3 is 2.50 bits per heavy atom. The first-order valence-corrected chi connectivity index (χ1v) is 3.82. The largest absolute Gasteiger partial charge is 0.370 e. The Morgan fingerprint density at radius 1 is 1.30 bits per heavy atom. The zero-order chi connectivity index (χ0) is 6.97. The van der Waals surface area contributed by atoms with Gasteiger partial charge in [0, 0.05) is 6.04 Å². The van der Waals surface area contributed by atoms with E-state index in [9.17, 15) is 4.79 Å². The highest BCUT2D eigenvalue weighted by Crippen LogP contribution is 2.30. The van der Waals surface area contributed by atoms with Crippen molar-refractivity contribution >= 4 is 5.97 Å². The fraction of sp³-hybridized carbons (Fsp3) is 0.857. The van der Waals surface area contributed by atoms with E-state index in [0.717, 1.165) is 25.7 Å². The molecule has 0 aliphatic heterocycles. The first-order chi connectivity index (χ1) is 4.86. The number of hydrogen-bond acceptors (Lipinski definition) is 3. The van der Waals surface area contributed by atoms with Gasteiger partial charge in [0.25, 0.3) is 0 Å². The van der Waals surface area contributed by atoms with Crippen LogP contribution in [0.2, 0.25) is 0 Å². The highest BCUT2D eigenvalue weighted by atomic mass is 16.7. The number of nitrogens with one attached hydrogen (secondary N) is 1. The summed E-state index contributed by atoms with van der Waals surface area (Å²) in [7, 11) is 0. The van der Waals surface area contributed by atoms with Gasteiger partial charge < -0.3 is 4.84 Å². The molecule has 2 aliphatic carbocycles. The molecule has 3 nitrogen and oxygen atoms in total. The van der Waals surface area contributed by atoms with Gasteiger partial charge in [0.2, 0.25) is 0 Å². The Balaban J connectivity index is 1.63. The Labute approximate surface area is 59.7 Å². The maximum atomic E-state index is 10.9. The maximum absolute atomic E-state index is 10.9. The van der Waals surface area contributed by atoms with Crippen molar-refractivity contribution in [3.63, 3.8) is 0 Å². The van der Waals surface area contributed by atoms with Gasteiger partial charge in [-0.25, -0.2) is 0 Å². The molecule has 0 heterocycles. The summed E-state index contributed by atoms with van der Waals surface area (Å²) in [5.41, 5.74) is 2.73. The lowest BCUT2D eigenvalue weighted by Crippen LogP contribution is -2.22. The zero-order valence-electron chi connectivity index (χ0n) is 5.80. The molecule has 0 aromatic rings. The molecule has 0 aromatic carbocycles. The van der Waals surface area contributed by atoms with Crippen LogP contribution in [-0.4, -0.2) is 12.0 Å². The van der Waals surface area contributed by atoms with Crippen LogP contribution in [0.1, 0.15) is 25.7 Å². The maximum Gasteiger partial charge on any atom is 0.327 e. The number of hydrogen-bond donors (Lipinski definition) is 1. The lowest BCUT2D eigenvalue weighted by molar-refractivity contribution is -0.153. The van der Waals surface area contributed by atoms with Crippen molar-refractivity contribution in [2.24, 2.45) is 5.92 Å². The number of carbonyl (C=O) groups excluding carboxylic acids is 1. The van der Waals surface area contributed by atoms with Crippen LogP contribution < -0.4 is 5.48 Å². The molecular weight excluding hydrogens is 130 g/mol. The molecule has 2 aliphatic rings. The highest BCUT2D eigenvalue weighted by Gasteiger charge is 2.33. The molecule has 2 fully saturated rings. The van der Waals surface area contributed by atoms with E-state index < -0.39 is 0 Å². The molecule has 0 amide bonds. The second-order valence-corrected chi connectivity index (χ2v) is 3.09. The molecule has 0 bridgehead atoms. The van der Waals surface area contributed by atoms with E-state index >= 15 is 0 Å². The summed E-state index contributed by atoms with van der Waals surface area (Å²) in [6.07, 6.45) is 4.34. The smallest absolute Gasteiger partial charge is 0.327 e. The molecule has 0 atom stereocenters. The van der Waals surface area contributed by atoms with Gasteiger partial charge in [0.05, 0.1) is 5.92 Å². The standard InChI is InChI=1S/C7H11NO2/c9-7(5-1-2-5)10-8-6-3-4-6/h5-6,8H,1-4H2. The van der Waals surface area contributed by atoms with Crippen molar-refractivity contribution in [3.8, 4) is 0 Å². The minimum Gasteiger partial charge on any atom is -0.370 e. The Bertz CT molecular complexity index is 150. The lowest BCUT2D eigenvalue weighted by Gasteiger charge is -2.01. The molecule has 3 heteroatoms. The Hall–Kier alpha value is -0.570. The summed E-state index contributed by atoms with van der Waals surface area (Å²) in [5.74, 6) is 0.151. The number of carbonyl (C=O) groups is 1. The van der Waals surface area contributed by atoms with Crippen molar-refractivity contribution in [3.05, 3.63) is 0 Å². The molecule has 0 unspecified atom stereocenters. The summed E-state index contributed by atoms with van der Waals surface area (Å²) >= 11 is 0. The van der Waals surface area contributed by atoms with Gasteiger partial charge in [-0.2, -0.15) is 5.48 Å². The van der Waals surface area contributed by atoms with Gasteiger partial charge in [-0.1, -0.05) is 0 Å². The van der Waals surface area contributed by atoms with Crippen LogP contribution in [0.4, 0.5) is 0 Å². The molecule has 0 spiro atoms.